The molecule has 0 N–H and O–H groups in total. The standard InChI is InChI=1S/C36H74O.3Na.H3O4P/c1-5-9-13-17-21-25-29-35(30-26-22-18-14-10-6-2)33-37-34-36(31-27-23-19-15-11-7-3)32-28-24-20-16-12-8-4;;;;1-5(2,3)4/h35-36H,5-34H2,1-4H3;;;;(H3,1,2,3,4)/q;3*+1;/p-3. The van der Waals surface area contributed by atoms with Crippen molar-refractivity contribution in [3.05, 3.63) is 0 Å². The molecule has 5 nitrogen and oxygen atoms in total. The molecule has 0 aromatic rings. The van der Waals surface area contributed by atoms with Gasteiger partial charge in [-0.3, -0.25) is 0 Å². The summed E-state index contributed by atoms with van der Waals surface area (Å²) in [5.41, 5.74) is 0. The summed E-state index contributed by atoms with van der Waals surface area (Å²) in [4.78, 5) is 25.6. The van der Waals surface area contributed by atoms with Crippen molar-refractivity contribution < 1.29 is 113 Å². The SMILES string of the molecule is CCCCCCCCC(CCCCCCCC)COCC(CCCCCCCC)CCCCCCCC.O=P([O-])([O-])[O-].[Na+].[Na+].[Na+]. The van der Waals surface area contributed by atoms with Crippen LogP contribution in [0.1, 0.15) is 207 Å². The maximum absolute atomic E-state index is 8.55. The zero-order valence-electron chi connectivity index (χ0n) is 31.9. The van der Waals surface area contributed by atoms with Gasteiger partial charge in [-0.05, 0) is 37.5 Å². The molecule has 0 atom stereocenters. The maximum atomic E-state index is 8.55. The predicted molar refractivity (Wildman–Crippen MR) is 177 cm³/mol. The van der Waals surface area contributed by atoms with Crippen LogP contribution < -0.4 is 103 Å². The van der Waals surface area contributed by atoms with Crippen molar-refractivity contribution in [3.63, 3.8) is 0 Å². The summed E-state index contributed by atoms with van der Waals surface area (Å²) in [6, 6.07) is 0. The summed E-state index contributed by atoms with van der Waals surface area (Å²) < 4.78 is 15.1. The normalized spacial score (nSPS) is 11.0. The van der Waals surface area contributed by atoms with Gasteiger partial charge in [0.2, 0.25) is 0 Å². The fourth-order valence-electron chi connectivity index (χ4n) is 5.88. The van der Waals surface area contributed by atoms with E-state index in [9.17, 15) is 0 Å². The molecule has 0 bridgehead atoms. The van der Waals surface area contributed by atoms with E-state index >= 15 is 0 Å². The summed E-state index contributed by atoms with van der Waals surface area (Å²) in [5.74, 6) is 1.61. The average Bonchev–Trinajstić information content (AvgIpc) is 2.94. The Hall–Kier alpha value is 3.07. The molecular weight excluding hydrogens is 612 g/mol. The van der Waals surface area contributed by atoms with Crippen LogP contribution in [0.3, 0.4) is 0 Å². The van der Waals surface area contributed by atoms with Gasteiger partial charge < -0.3 is 24.0 Å². The van der Waals surface area contributed by atoms with E-state index in [1.165, 1.54) is 180 Å². The summed E-state index contributed by atoms with van der Waals surface area (Å²) >= 11 is 0. The fraction of sp³-hybridized carbons (Fsp3) is 1.00. The van der Waals surface area contributed by atoms with Crippen molar-refractivity contribution in [2.75, 3.05) is 13.2 Å². The van der Waals surface area contributed by atoms with Gasteiger partial charge in [0.15, 0.2) is 0 Å². The molecule has 0 heterocycles. The quantitative estimate of drug-likeness (QED) is 0.0607. The minimum absolute atomic E-state index is 0. The van der Waals surface area contributed by atoms with Gasteiger partial charge in [0, 0.05) is 13.2 Å². The van der Waals surface area contributed by atoms with E-state index in [1.54, 1.807) is 0 Å². The van der Waals surface area contributed by atoms with Gasteiger partial charge in [-0.25, -0.2) is 0 Å². The maximum Gasteiger partial charge on any atom is 1.00 e. The fourth-order valence-corrected chi connectivity index (χ4v) is 5.88. The number of hydrogen-bond acceptors (Lipinski definition) is 5. The van der Waals surface area contributed by atoms with Crippen LogP contribution in [0.4, 0.5) is 0 Å². The minimum atomic E-state index is -5.39. The third-order valence-electron chi connectivity index (χ3n) is 8.57. The molecule has 0 saturated carbocycles. The Morgan fingerprint density at radius 1 is 0.400 bits per heavy atom. The molecular formula is C36H74Na3O5P. The molecule has 9 heteroatoms. The number of unbranched alkanes of at least 4 members (excludes halogenated alkanes) is 20. The average molecular weight is 687 g/mol. The Bertz CT molecular complexity index is 479. The molecule has 0 fully saturated rings. The van der Waals surface area contributed by atoms with Crippen molar-refractivity contribution in [3.8, 4) is 0 Å². The second kappa shape index (κ2) is 47.1. The molecule has 0 aliphatic heterocycles. The first-order valence-corrected chi connectivity index (χ1v) is 20.0. The first-order valence-electron chi connectivity index (χ1n) is 18.6. The van der Waals surface area contributed by atoms with Crippen LogP contribution in [0.15, 0.2) is 0 Å². The van der Waals surface area contributed by atoms with Crippen LogP contribution in [0.25, 0.3) is 0 Å². The zero-order chi connectivity index (χ0) is 31.6. The van der Waals surface area contributed by atoms with E-state index in [0.717, 1.165) is 25.0 Å². The third kappa shape index (κ3) is 56.7. The second-order valence-electron chi connectivity index (χ2n) is 12.9. The van der Waals surface area contributed by atoms with Gasteiger partial charge in [-0.15, -0.1) is 0 Å². The molecule has 0 saturated heterocycles. The summed E-state index contributed by atoms with van der Waals surface area (Å²) in [7, 11) is -5.39. The molecule has 0 unspecified atom stereocenters. The Kier molecular flexibility index (Phi) is 60.1. The first kappa shape index (κ1) is 57.4. The monoisotopic (exact) mass is 686 g/mol. The molecule has 0 aliphatic rings. The molecule has 0 rings (SSSR count). The van der Waals surface area contributed by atoms with Crippen LogP contribution >= 0.6 is 7.82 Å². The van der Waals surface area contributed by atoms with Crippen molar-refractivity contribution in [2.24, 2.45) is 11.8 Å². The van der Waals surface area contributed by atoms with Gasteiger partial charge in [-0.2, -0.15) is 7.82 Å². The Morgan fingerprint density at radius 3 is 0.778 bits per heavy atom. The molecule has 0 aromatic carbocycles. The van der Waals surface area contributed by atoms with Gasteiger partial charge >= 0.3 is 88.7 Å². The molecule has 45 heavy (non-hydrogen) atoms. The molecule has 0 aromatic heterocycles. The largest absolute Gasteiger partial charge is 1.00 e. The number of hydrogen-bond donors (Lipinski definition) is 0. The minimum Gasteiger partial charge on any atom is -0.822 e. The van der Waals surface area contributed by atoms with Crippen molar-refractivity contribution in [1.29, 1.82) is 0 Å². The van der Waals surface area contributed by atoms with Crippen molar-refractivity contribution >= 4 is 7.82 Å². The molecule has 0 spiro atoms. The number of phosphoric acid groups is 1. The van der Waals surface area contributed by atoms with Crippen LogP contribution in [0.5, 0.6) is 0 Å². The van der Waals surface area contributed by atoms with E-state index in [1.807, 2.05) is 0 Å². The topological polar surface area (TPSA) is 95.5 Å². The zero-order valence-corrected chi connectivity index (χ0v) is 38.8. The molecule has 0 amide bonds. The predicted octanol–water partition coefficient (Wildman–Crippen LogP) is 1.43. The summed E-state index contributed by atoms with van der Waals surface area (Å²) in [6.07, 6.45) is 39.7. The smallest absolute Gasteiger partial charge is 0.822 e. The van der Waals surface area contributed by atoms with E-state index in [2.05, 4.69) is 27.7 Å². The Labute approximate surface area is 349 Å². The third-order valence-corrected chi connectivity index (χ3v) is 8.57. The van der Waals surface area contributed by atoms with Gasteiger partial charge in [0.25, 0.3) is 0 Å². The Balaban J connectivity index is -0.000000613. The molecule has 256 valence electrons. The molecule has 0 radical (unpaired) electrons. The second-order valence-corrected chi connectivity index (χ2v) is 13.8. The summed E-state index contributed by atoms with van der Waals surface area (Å²) in [6.45, 7) is 11.3. The number of rotatable bonds is 32. The van der Waals surface area contributed by atoms with Crippen molar-refractivity contribution in [1.82, 2.24) is 0 Å². The van der Waals surface area contributed by atoms with Crippen LogP contribution in [0.2, 0.25) is 0 Å². The van der Waals surface area contributed by atoms with E-state index in [4.69, 9.17) is 24.0 Å². The van der Waals surface area contributed by atoms with Crippen LogP contribution in [0, 0.1) is 11.8 Å². The van der Waals surface area contributed by atoms with Crippen LogP contribution in [-0.2, 0) is 9.30 Å². The number of ether oxygens (including phenoxy) is 1. The van der Waals surface area contributed by atoms with E-state index in [0.29, 0.717) is 0 Å². The first-order chi connectivity index (χ1) is 20.3. The van der Waals surface area contributed by atoms with Crippen LogP contribution in [-0.4, -0.2) is 13.2 Å². The summed E-state index contributed by atoms with van der Waals surface area (Å²) in [5, 5.41) is 0. The van der Waals surface area contributed by atoms with Gasteiger partial charge in [-0.1, -0.05) is 182 Å². The molecule has 0 aliphatic carbocycles. The Morgan fingerprint density at radius 2 is 0.578 bits per heavy atom. The van der Waals surface area contributed by atoms with Crippen molar-refractivity contribution in [2.45, 2.75) is 207 Å². The van der Waals surface area contributed by atoms with E-state index in [-0.39, 0.29) is 88.7 Å². The van der Waals surface area contributed by atoms with Gasteiger partial charge in [0.05, 0.1) is 0 Å². The van der Waals surface area contributed by atoms with E-state index < -0.39 is 7.82 Å². The van der Waals surface area contributed by atoms with Gasteiger partial charge in [0.1, 0.15) is 0 Å².